The molecule has 1 fully saturated rings. The molecule has 1 amide bonds. The van der Waals surface area contributed by atoms with Gasteiger partial charge in [0.05, 0.1) is 21.3 Å². The van der Waals surface area contributed by atoms with Crippen LogP contribution in [-0.4, -0.2) is 82.2 Å². The number of rotatable bonds is 11. The third-order valence-corrected chi connectivity index (χ3v) is 6.41. The van der Waals surface area contributed by atoms with Gasteiger partial charge >= 0.3 is 0 Å². The number of nitrogens with zero attached hydrogens (tertiary/aromatic N) is 3. The maximum atomic E-state index is 13.5. The number of piperidine rings is 1. The van der Waals surface area contributed by atoms with Gasteiger partial charge in [-0.3, -0.25) is 9.69 Å². The molecule has 1 aliphatic rings. The van der Waals surface area contributed by atoms with E-state index in [9.17, 15) is 4.79 Å². The number of methoxy groups -OCH3 is 3. The molecule has 34 heavy (non-hydrogen) atoms. The molecule has 0 unspecified atom stereocenters. The Labute approximate surface area is 204 Å². The van der Waals surface area contributed by atoms with Gasteiger partial charge in [0, 0.05) is 32.1 Å². The van der Waals surface area contributed by atoms with Gasteiger partial charge in [-0.15, -0.1) is 0 Å². The van der Waals surface area contributed by atoms with Crippen molar-refractivity contribution in [2.45, 2.75) is 25.9 Å². The van der Waals surface area contributed by atoms with Crippen molar-refractivity contribution in [3.8, 4) is 17.2 Å². The topological polar surface area (TPSA) is 54.5 Å². The summed E-state index contributed by atoms with van der Waals surface area (Å²) >= 11 is 0. The predicted molar refractivity (Wildman–Crippen MR) is 135 cm³/mol. The normalized spacial score (nSPS) is 14.8. The number of likely N-dealkylation sites (N-methyl/N-ethyl adjacent to an activating group) is 1. The quantitative estimate of drug-likeness (QED) is 0.502. The third-order valence-electron chi connectivity index (χ3n) is 6.41. The maximum absolute atomic E-state index is 13.5. The van der Waals surface area contributed by atoms with Crippen molar-refractivity contribution in [2.24, 2.45) is 5.92 Å². The van der Waals surface area contributed by atoms with E-state index in [1.165, 1.54) is 5.56 Å². The van der Waals surface area contributed by atoms with E-state index in [1.807, 2.05) is 49.3 Å². The van der Waals surface area contributed by atoms with Crippen molar-refractivity contribution in [3.05, 3.63) is 53.6 Å². The molecule has 1 heterocycles. The van der Waals surface area contributed by atoms with Crippen LogP contribution in [0.25, 0.3) is 0 Å². The summed E-state index contributed by atoms with van der Waals surface area (Å²) in [6.07, 6.45) is 1.74. The first-order valence-electron chi connectivity index (χ1n) is 11.9. The molecule has 7 heteroatoms. The lowest BCUT2D eigenvalue weighted by atomic mass is 9.94. The molecule has 0 N–H and O–H groups in total. The molecule has 0 atom stereocenters. The highest BCUT2D eigenvalue weighted by Gasteiger charge is 2.29. The predicted octanol–water partition coefficient (Wildman–Crippen LogP) is 3.51. The summed E-state index contributed by atoms with van der Waals surface area (Å²) in [6, 6.07) is 14.3. The molecular weight excluding hydrogens is 430 g/mol. The SMILES string of the molecule is COc1cc(CN2CCC(C(=O)N(CCN(C)C)Cc3ccccc3)CC2)cc(OC)c1OC. The van der Waals surface area contributed by atoms with E-state index < -0.39 is 0 Å². The lowest BCUT2D eigenvalue weighted by molar-refractivity contribution is -0.138. The highest BCUT2D eigenvalue weighted by molar-refractivity contribution is 5.79. The Hall–Kier alpha value is -2.77. The molecule has 0 saturated carbocycles. The number of likely N-dealkylation sites (tertiary alicyclic amines) is 1. The number of carbonyl (C=O) groups is 1. The van der Waals surface area contributed by atoms with Crippen LogP contribution in [0.4, 0.5) is 0 Å². The molecular formula is C27H39N3O4. The second-order valence-electron chi connectivity index (χ2n) is 9.13. The summed E-state index contributed by atoms with van der Waals surface area (Å²) in [5.41, 5.74) is 2.28. The van der Waals surface area contributed by atoms with E-state index in [1.54, 1.807) is 21.3 Å². The largest absolute Gasteiger partial charge is 0.493 e. The highest BCUT2D eigenvalue weighted by atomic mass is 16.5. The Morgan fingerprint density at radius 1 is 0.912 bits per heavy atom. The maximum Gasteiger partial charge on any atom is 0.226 e. The second kappa shape index (κ2) is 12.6. The first-order valence-corrected chi connectivity index (χ1v) is 11.9. The van der Waals surface area contributed by atoms with Crippen molar-refractivity contribution >= 4 is 5.91 Å². The van der Waals surface area contributed by atoms with Crippen LogP contribution in [0.1, 0.15) is 24.0 Å². The van der Waals surface area contributed by atoms with Crippen molar-refractivity contribution < 1.29 is 19.0 Å². The number of amides is 1. The molecule has 3 rings (SSSR count). The number of hydrogen-bond donors (Lipinski definition) is 0. The van der Waals surface area contributed by atoms with Crippen LogP contribution in [0.3, 0.4) is 0 Å². The van der Waals surface area contributed by atoms with Gasteiger partial charge in [-0.25, -0.2) is 0 Å². The van der Waals surface area contributed by atoms with Gasteiger partial charge in [0.2, 0.25) is 11.7 Å². The molecule has 1 aliphatic heterocycles. The lowest BCUT2D eigenvalue weighted by Gasteiger charge is -2.35. The smallest absolute Gasteiger partial charge is 0.226 e. The number of benzene rings is 2. The zero-order valence-corrected chi connectivity index (χ0v) is 21.3. The van der Waals surface area contributed by atoms with E-state index in [0.29, 0.717) is 23.8 Å². The van der Waals surface area contributed by atoms with Crippen LogP contribution >= 0.6 is 0 Å². The number of carbonyl (C=O) groups excluding carboxylic acids is 1. The van der Waals surface area contributed by atoms with Gasteiger partial charge in [-0.2, -0.15) is 0 Å². The van der Waals surface area contributed by atoms with Crippen molar-refractivity contribution in [1.82, 2.24) is 14.7 Å². The van der Waals surface area contributed by atoms with Crippen LogP contribution in [-0.2, 0) is 17.9 Å². The van der Waals surface area contributed by atoms with Crippen LogP contribution in [0.15, 0.2) is 42.5 Å². The molecule has 0 bridgehead atoms. The van der Waals surface area contributed by atoms with E-state index in [0.717, 1.165) is 51.1 Å². The van der Waals surface area contributed by atoms with Crippen molar-refractivity contribution in [3.63, 3.8) is 0 Å². The molecule has 0 aliphatic carbocycles. The Morgan fingerprint density at radius 2 is 1.53 bits per heavy atom. The van der Waals surface area contributed by atoms with E-state index in [4.69, 9.17) is 14.2 Å². The molecule has 7 nitrogen and oxygen atoms in total. The van der Waals surface area contributed by atoms with Crippen LogP contribution in [0.5, 0.6) is 17.2 Å². The lowest BCUT2D eigenvalue weighted by Crippen LogP contribution is -2.44. The Morgan fingerprint density at radius 3 is 2.06 bits per heavy atom. The van der Waals surface area contributed by atoms with E-state index >= 15 is 0 Å². The van der Waals surface area contributed by atoms with Crippen molar-refractivity contribution in [2.75, 3.05) is 61.6 Å². The molecule has 0 aromatic heterocycles. The fourth-order valence-electron chi connectivity index (χ4n) is 4.47. The molecule has 0 radical (unpaired) electrons. The molecule has 1 saturated heterocycles. The minimum atomic E-state index is 0.0714. The molecule has 2 aromatic rings. The van der Waals surface area contributed by atoms with Crippen molar-refractivity contribution in [1.29, 1.82) is 0 Å². The minimum absolute atomic E-state index is 0.0714. The average Bonchev–Trinajstić information content (AvgIpc) is 2.86. The van der Waals surface area contributed by atoms with E-state index in [-0.39, 0.29) is 11.8 Å². The Balaban J connectivity index is 1.61. The summed E-state index contributed by atoms with van der Waals surface area (Å²) in [6.45, 7) is 4.83. The van der Waals surface area contributed by atoms with Gasteiger partial charge < -0.3 is 24.0 Å². The average molecular weight is 470 g/mol. The van der Waals surface area contributed by atoms with Gasteiger partial charge in [0.25, 0.3) is 0 Å². The minimum Gasteiger partial charge on any atom is -0.493 e. The fourth-order valence-corrected chi connectivity index (χ4v) is 4.47. The number of ether oxygens (including phenoxy) is 3. The van der Waals surface area contributed by atoms with Crippen LogP contribution < -0.4 is 14.2 Å². The molecule has 0 spiro atoms. The summed E-state index contributed by atoms with van der Waals surface area (Å²) in [7, 11) is 8.98. The number of hydrogen-bond acceptors (Lipinski definition) is 6. The monoisotopic (exact) mass is 469 g/mol. The highest BCUT2D eigenvalue weighted by Crippen LogP contribution is 2.38. The van der Waals surface area contributed by atoms with Crippen LogP contribution in [0.2, 0.25) is 0 Å². The summed E-state index contributed by atoms with van der Waals surface area (Å²) < 4.78 is 16.4. The third kappa shape index (κ3) is 6.87. The fraction of sp³-hybridized carbons (Fsp3) is 0.519. The zero-order chi connectivity index (χ0) is 24.5. The van der Waals surface area contributed by atoms with Gasteiger partial charge in [-0.05, 0) is 63.3 Å². The standard InChI is InChI=1S/C27H39N3O4/c1-28(2)15-16-30(20-21-9-7-6-8-10-21)27(31)23-11-13-29(14-12-23)19-22-17-24(32-3)26(34-5)25(18-22)33-4/h6-10,17-18,23H,11-16,19-20H2,1-5H3. The second-order valence-corrected chi connectivity index (χ2v) is 9.13. The van der Waals surface area contributed by atoms with Gasteiger partial charge in [-0.1, -0.05) is 30.3 Å². The first-order chi connectivity index (χ1) is 16.4. The first kappa shape index (κ1) is 25.8. The van der Waals surface area contributed by atoms with Crippen LogP contribution in [0, 0.1) is 5.92 Å². The molecule has 186 valence electrons. The Kier molecular flexibility index (Phi) is 9.60. The van der Waals surface area contributed by atoms with E-state index in [2.05, 4.69) is 21.9 Å². The van der Waals surface area contributed by atoms with Gasteiger partial charge in [0.1, 0.15) is 0 Å². The summed E-state index contributed by atoms with van der Waals surface area (Å²) in [4.78, 5) is 20.0. The summed E-state index contributed by atoms with van der Waals surface area (Å²) in [5, 5.41) is 0. The Bertz CT molecular complexity index is 886. The molecule has 2 aromatic carbocycles. The summed E-state index contributed by atoms with van der Waals surface area (Å²) in [5.74, 6) is 2.29. The van der Waals surface area contributed by atoms with Gasteiger partial charge in [0.15, 0.2) is 11.5 Å². The zero-order valence-electron chi connectivity index (χ0n) is 21.3.